The summed E-state index contributed by atoms with van der Waals surface area (Å²) in [6.45, 7) is 2.74. The van der Waals surface area contributed by atoms with Crippen LogP contribution in [0.3, 0.4) is 0 Å². The lowest BCUT2D eigenvalue weighted by Crippen LogP contribution is -2.46. The SMILES string of the molecule is CN(CC(=O)N1CCOCC1)CC(=O)N1N=C(c2cccs2)CC1c1cccs1. The number of rotatable bonds is 6. The maximum absolute atomic E-state index is 13.1. The van der Waals surface area contributed by atoms with E-state index in [0.29, 0.717) is 32.7 Å². The highest BCUT2D eigenvalue weighted by molar-refractivity contribution is 7.12. The Morgan fingerprint density at radius 2 is 1.86 bits per heavy atom. The molecule has 0 spiro atoms. The molecule has 2 aliphatic heterocycles. The summed E-state index contributed by atoms with van der Waals surface area (Å²) in [4.78, 5) is 31.3. The Balaban J connectivity index is 1.42. The molecule has 0 aliphatic carbocycles. The van der Waals surface area contributed by atoms with Gasteiger partial charge in [-0.05, 0) is 29.9 Å². The van der Waals surface area contributed by atoms with Gasteiger partial charge in [0.2, 0.25) is 5.91 Å². The Hall–Kier alpha value is -2.07. The lowest BCUT2D eigenvalue weighted by Gasteiger charge is -2.29. The van der Waals surface area contributed by atoms with E-state index in [-0.39, 0.29) is 30.9 Å². The summed E-state index contributed by atoms with van der Waals surface area (Å²) in [5.74, 6) is -0.0603. The van der Waals surface area contributed by atoms with Crippen molar-refractivity contribution in [3.05, 3.63) is 44.8 Å². The smallest absolute Gasteiger partial charge is 0.257 e. The second-order valence-electron chi connectivity index (χ2n) is 7.16. The van der Waals surface area contributed by atoms with E-state index in [9.17, 15) is 9.59 Å². The first kappa shape index (κ1) is 20.2. The Labute approximate surface area is 178 Å². The number of carbonyl (C=O) groups is 2. The fraction of sp³-hybridized carbons (Fsp3) is 0.450. The van der Waals surface area contributed by atoms with Crippen LogP contribution in [0.5, 0.6) is 0 Å². The van der Waals surface area contributed by atoms with Gasteiger partial charge in [-0.3, -0.25) is 14.5 Å². The van der Waals surface area contributed by atoms with Gasteiger partial charge in [0.15, 0.2) is 0 Å². The number of hydrazone groups is 1. The van der Waals surface area contributed by atoms with Crippen molar-refractivity contribution < 1.29 is 14.3 Å². The summed E-state index contributed by atoms with van der Waals surface area (Å²) in [6.07, 6.45) is 0.711. The second kappa shape index (κ2) is 9.17. The first-order chi connectivity index (χ1) is 14.1. The van der Waals surface area contributed by atoms with E-state index in [4.69, 9.17) is 4.74 Å². The lowest BCUT2D eigenvalue weighted by molar-refractivity contribution is -0.138. The molecule has 1 saturated heterocycles. The number of morpholine rings is 1. The molecule has 4 rings (SSSR count). The molecule has 0 aromatic carbocycles. The van der Waals surface area contributed by atoms with E-state index < -0.39 is 0 Å². The van der Waals surface area contributed by atoms with Crippen molar-refractivity contribution in [3.8, 4) is 0 Å². The summed E-state index contributed by atoms with van der Waals surface area (Å²) in [7, 11) is 1.80. The van der Waals surface area contributed by atoms with Crippen LogP contribution in [0.4, 0.5) is 0 Å². The van der Waals surface area contributed by atoms with Crippen LogP contribution in [0.25, 0.3) is 0 Å². The average molecular weight is 433 g/mol. The van der Waals surface area contributed by atoms with Gasteiger partial charge in [0.1, 0.15) is 0 Å². The zero-order valence-electron chi connectivity index (χ0n) is 16.3. The summed E-state index contributed by atoms with van der Waals surface area (Å²) >= 11 is 3.27. The van der Waals surface area contributed by atoms with Crippen LogP contribution in [-0.4, -0.2) is 78.8 Å². The van der Waals surface area contributed by atoms with E-state index in [1.54, 1.807) is 44.5 Å². The van der Waals surface area contributed by atoms with Crippen molar-refractivity contribution in [3.63, 3.8) is 0 Å². The van der Waals surface area contributed by atoms with Gasteiger partial charge < -0.3 is 9.64 Å². The number of hydrogen-bond donors (Lipinski definition) is 0. The number of likely N-dealkylation sites (N-methyl/N-ethyl adjacent to an activating group) is 1. The molecule has 7 nitrogen and oxygen atoms in total. The molecule has 9 heteroatoms. The highest BCUT2D eigenvalue weighted by Gasteiger charge is 2.34. The predicted octanol–water partition coefficient (Wildman–Crippen LogP) is 2.28. The third-order valence-electron chi connectivity index (χ3n) is 5.02. The molecule has 0 bridgehead atoms. The van der Waals surface area contributed by atoms with Crippen molar-refractivity contribution in [1.29, 1.82) is 0 Å². The van der Waals surface area contributed by atoms with Crippen LogP contribution in [0, 0.1) is 0 Å². The lowest BCUT2D eigenvalue weighted by atomic mass is 10.1. The van der Waals surface area contributed by atoms with Crippen LogP contribution in [0.2, 0.25) is 0 Å². The molecule has 1 fully saturated rings. The van der Waals surface area contributed by atoms with Crippen molar-refractivity contribution in [2.24, 2.45) is 5.10 Å². The van der Waals surface area contributed by atoms with Gasteiger partial charge in [0, 0.05) is 24.4 Å². The normalized spacial score (nSPS) is 19.7. The van der Waals surface area contributed by atoms with E-state index in [1.807, 2.05) is 35.0 Å². The zero-order chi connectivity index (χ0) is 20.2. The van der Waals surface area contributed by atoms with Crippen LogP contribution < -0.4 is 0 Å². The maximum Gasteiger partial charge on any atom is 0.257 e. The number of hydrogen-bond acceptors (Lipinski definition) is 7. The summed E-state index contributed by atoms with van der Waals surface area (Å²) in [5.41, 5.74) is 0.943. The molecule has 0 N–H and O–H groups in total. The minimum Gasteiger partial charge on any atom is -0.378 e. The maximum atomic E-state index is 13.1. The molecule has 1 atom stereocenters. The molecule has 1 unspecified atom stereocenters. The molecule has 29 heavy (non-hydrogen) atoms. The molecular weight excluding hydrogens is 408 g/mol. The molecule has 0 saturated carbocycles. The second-order valence-corrected chi connectivity index (χ2v) is 9.09. The van der Waals surface area contributed by atoms with Crippen molar-refractivity contribution >= 4 is 40.2 Å². The highest BCUT2D eigenvalue weighted by atomic mass is 32.1. The van der Waals surface area contributed by atoms with Crippen molar-refractivity contribution in [1.82, 2.24) is 14.8 Å². The van der Waals surface area contributed by atoms with Crippen LogP contribution in [0.1, 0.15) is 22.2 Å². The monoisotopic (exact) mass is 432 g/mol. The van der Waals surface area contributed by atoms with Gasteiger partial charge in [0.25, 0.3) is 5.91 Å². The first-order valence-electron chi connectivity index (χ1n) is 9.62. The number of carbonyl (C=O) groups excluding carboxylic acids is 2. The third-order valence-corrected chi connectivity index (χ3v) is 6.91. The van der Waals surface area contributed by atoms with E-state index in [2.05, 4.69) is 5.10 Å². The first-order valence-corrected chi connectivity index (χ1v) is 11.4. The van der Waals surface area contributed by atoms with E-state index >= 15 is 0 Å². The molecule has 2 aliphatic rings. The number of nitrogens with zero attached hydrogens (tertiary/aromatic N) is 4. The molecular formula is C20H24N4O3S2. The van der Waals surface area contributed by atoms with Crippen LogP contribution in [0.15, 0.2) is 40.1 Å². The number of thiophene rings is 2. The van der Waals surface area contributed by atoms with Crippen LogP contribution >= 0.6 is 22.7 Å². The Morgan fingerprint density at radius 3 is 2.55 bits per heavy atom. The molecule has 154 valence electrons. The van der Waals surface area contributed by atoms with Gasteiger partial charge >= 0.3 is 0 Å². The minimum atomic E-state index is -0.0905. The quantitative estimate of drug-likeness (QED) is 0.703. The molecule has 2 amide bonds. The molecule has 2 aromatic heterocycles. The van der Waals surface area contributed by atoms with Gasteiger partial charge in [-0.25, -0.2) is 5.01 Å². The zero-order valence-corrected chi connectivity index (χ0v) is 18.0. The van der Waals surface area contributed by atoms with Crippen molar-refractivity contribution in [2.45, 2.75) is 12.5 Å². The van der Waals surface area contributed by atoms with Crippen molar-refractivity contribution in [2.75, 3.05) is 46.4 Å². The number of amides is 2. The van der Waals surface area contributed by atoms with Gasteiger partial charge in [0.05, 0.1) is 42.9 Å². The fourth-order valence-electron chi connectivity index (χ4n) is 3.54. The largest absolute Gasteiger partial charge is 0.378 e. The predicted molar refractivity (Wildman–Crippen MR) is 114 cm³/mol. The topological polar surface area (TPSA) is 65.5 Å². The average Bonchev–Trinajstić information content (AvgIpc) is 3.49. The Kier molecular flexibility index (Phi) is 6.39. The van der Waals surface area contributed by atoms with E-state index in [0.717, 1.165) is 15.5 Å². The fourth-order valence-corrected chi connectivity index (χ4v) is 5.07. The highest BCUT2D eigenvalue weighted by Crippen LogP contribution is 2.35. The third kappa shape index (κ3) is 4.75. The van der Waals surface area contributed by atoms with Gasteiger partial charge in [-0.15, -0.1) is 22.7 Å². The Bertz CT molecular complexity index is 860. The minimum absolute atomic E-state index is 0.0302. The molecule has 4 heterocycles. The van der Waals surface area contributed by atoms with Gasteiger partial charge in [-0.2, -0.15) is 5.10 Å². The Morgan fingerprint density at radius 1 is 1.14 bits per heavy atom. The van der Waals surface area contributed by atoms with Crippen LogP contribution in [-0.2, 0) is 14.3 Å². The van der Waals surface area contributed by atoms with Gasteiger partial charge in [-0.1, -0.05) is 12.1 Å². The summed E-state index contributed by atoms with van der Waals surface area (Å²) < 4.78 is 5.29. The summed E-state index contributed by atoms with van der Waals surface area (Å²) in [6, 6.07) is 8.00. The summed E-state index contributed by atoms with van der Waals surface area (Å²) in [5, 5.41) is 10.3. The number of ether oxygens (including phenoxy) is 1. The molecule has 0 radical (unpaired) electrons. The molecule has 2 aromatic rings. The standard InChI is InChI=1S/C20H24N4O3S2/c1-22(13-19(25)23-6-8-27-9-7-23)14-20(26)24-16(18-5-3-11-29-18)12-15(21-24)17-4-2-10-28-17/h2-5,10-11,16H,6-9,12-14H2,1H3. The van der Waals surface area contributed by atoms with E-state index in [1.165, 1.54) is 0 Å².